The van der Waals surface area contributed by atoms with E-state index in [1.807, 2.05) is 0 Å². The van der Waals surface area contributed by atoms with Crippen LogP contribution in [0.1, 0.15) is 21.5 Å². The first-order chi connectivity index (χ1) is 9.47. The number of carbonyl (C=O) groups excluding carboxylic acids is 1. The molecule has 2 rings (SSSR count). The van der Waals surface area contributed by atoms with E-state index in [9.17, 15) is 9.90 Å². The Bertz CT molecular complexity index is 668. The van der Waals surface area contributed by atoms with E-state index < -0.39 is 5.78 Å². The van der Waals surface area contributed by atoms with Crippen molar-refractivity contribution in [2.24, 2.45) is 7.05 Å². The third-order valence-corrected chi connectivity index (χ3v) is 3.66. The van der Waals surface area contributed by atoms with Gasteiger partial charge in [0.25, 0.3) is 0 Å². The number of halogens is 2. The van der Waals surface area contributed by atoms with Crippen LogP contribution in [-0.2, 0) is 18.4 Å². The number of methoxy groups -OCH3 is 1. The third-order valence-electron chi connectivity index (χ3n) is 2.87. The predicted molar refractivity (Wildman–Crippen MR) is 75.5 cm³/mol. The quantitative estimate of drug-likeness (QED) is 0.881. The summed E-state index contributed by atoms with van der Waals surface area (Å²) < 4.78 is 6.21. The van der Waals surface area contributed by atoms with Gasteiger partial charge in [0.15, 0.2) is 0 Å². The first-order valence-corrected chi connectivity index (χ1v) is 6.44. The van der Waals surface area contributed by atoms with Crippen molar-refractivity contribution in [2.75, 3.05) is 7.11 Å². The van der Waals surface area contributed by atoms with Crippen molar-refractivity contribution in [1.29, 1.82) is 0 Å². The summed E-state index contributed by atoms with van der Waals surface area (Å²) in [5.74, 6) is -0.635. The third kappa shape index (κ3) is 2.52. The number of rotatable bonds is 4. The van der Waals surface area contributed by atoms with Crippen LogP contribution in [0.5, 0.6) is 5.88 Å². The lowest BCUT2D eigenvalue weighted by atomic mass is 10.0. The molecule has 0 fully saturated rings. The van der Waals surface area contributed by atoms with Gasteiger partial charge in [-0.1, -0.05) is 23.2 Å². The van der Waals surface area contributed by atoms with Crippen LogP contribution >= 0.6 is 23.2 Å². The van der Waals surface area contributed by atoms with Crippen molar-refractivity contribution in [2.45, 2.75) is 6.61 Å². The molecule has 0 aliphatic carbocycles. The molecule has 1 aromatic carbocycles. The molecule has 1 heterocycles. The van der Waals surface area contributed by atoms with Gasteiger partial charge in [0.1, 0.15) is 5.56 Å². The molecule has 0 aliphatic rings. The maximum absolute atomic E-state index is 12.4. The molecule has 0 unspecified atom stereocenters. The van der Waals surface area contributed by atoms with E-state index in [1.54, 1.807) is 6.07 Å². The normalized spacial score (nSPS) is 10.8. The molecule has 0 bridgehead atoms. The van der Waals surface area contributed by atoms with Crippen LogP contribution in [0.3, 0.4) is 0 Å². The summed E-state index contributed by atoms with van der Waals surface area (Å²) in [6.45, 7) is 0.192. The molecule has 0 spiro atoms. The number of benzene rings is 1. The Morgan fingerprint density at radius 3 is 2.65 bits per heavy atom. The number of aromatic nitrogens is 2. The Morgan fingerprint density at radius 1 is 1.40 bits per heavy atom. The number of aromatic hydroxyl groups is 1. The fourth-order valence-corrected chi connectivity index (χ4v) is 2.35. The van der Waals surface area contributed by atoms with Gasteiger partial charge in [0.2, 0.25) is 11.7 Å². The van der Waals surface area contributed by atoms with Gasteiger partial charge < -0.3 is 9.84 Å². The predicted octanol–water partition coefficient (Wildman–Crippen LogP) is 2.81. The first kappa shape index (κ1) is 14.8. The second kappa shape index (κ2) is 5.83. The fourth-order valence-electron chi connectivity index (χ4n) is 1.79. The highest BCUT2D eigenvalue weighted by Crippen LogP contribution is 2.31. The van der Waals surface area contributed by atoms with Crippen LogP contribution in [-0.4, -0.2) is 27.8 Å². The summed E-state index contributed by atoms with van der Waals surface area (Å²) in [6.07, 6.45) is 1.29. The van der Waals surface area contributed by atoms with E-state index in [1.165, 1.54) is 31.1 Å². The second-order valence-electron chi connectivity index (χ2n) is 4.16. The van der Waals surface area contributed by atoms with Crippen molar-refractivity contribution in [3.63, 3.8) is 0 Å². The number of hydrogen-bond donors (Lipinski definition) is 1. The molecule has 20 heavy (non-hydrogen) atoms. The van der Waals surface area contributed by atoms with Crippen molar-refractivity contribution >= 4 is 29.0 Å². The van der Waals surface area contributed by atoms with Crippen molar-refractivity contribution in [1.82, 2.24) is 9.78 Å². The van der Waals surface area contributed by atoms with E-state index in [4.69, 9.17) is 27.9 Å². The summed E-state index contributed by atoms with van der Waals surface area (Å²) in [6, 6.07) is 3.08. The van der Waals surface area contributed by atoms with Gasteiger partial charge in [-0.2, -0.15) is 5.10 Å². The van der Waals surface area contributed by atoms with Gasteiger partial charge in [-0.25, -0.2) is 4.68 Å². The van der Waals surface area contributed by atoms with Crippen molar-refractivity contribution < 1.29 is 14.6 Å². The molecule has 0 saturated carbocycles. The van der Waals surface area contributed by atoms with Crippen LogP contribution in [0.25, 0.3) is 0 Å². The van der Waals surface area contributed by atoms with Crippen LogP contribution in [0.4, 0.5) is 0 Å². The molecule has 7 heteroatoms. The average Bonchev–Trinajstić information content (AvgIpc) is 2.74. The Balaban J connectivity index is 2.50. The maximum Gasteiger partial charge on any atom is 0.220 e. The van der Waals surface area contributed by atoms with Gasteiger partial charge in [-0.15, -0.1) is 0 Å². The summed E-state index contributed by atoms with van der Waals surface area (Å²) in [7, 11) is 3.04. The number of hydrogen-bond acceptors (Lipinski definition) is 4. The standard InChI is InChI=1S/C13H12Cl2N2O3/c1-17-13(19)8(5-16-17)12(18)7-3-4-10(14)9(6-20-2)11(7)15/h3-5,19H,6H2,1-2H3. The molecule has 0 amide bonds. The Morgan fingerprint density at radius 2 is 2.10 bits per heavy atom. The molecule has 1 N–H and O–H groups in total. The highest BCUT2D eigenvalue weighted by Gasteiger charge is 2.22. The number of ether oxygens (including phenoxy) is 1. The molecule has 0 radical (unpaired) electrons. The molecule has 5 nitrogen and oxygen atoms in total. The monoisotopic (exact) mass is 314 g/mol. The zero-order valence-electron chi connectivity index (χ0n) is 10.9. The minimum atomic E-state index is -0.422. The van der Waals surface area contributed by atoms with E-state index in [-0.39, 0.29) is 28.6 Å². The lowest BCUT2D eigenvalue weighted by Crippen LogP contribution is -2.04. The Labute approximate surface area is 125 Å². The highest BCUT2D eigenvalue weighted by molar-refractivity contribution is 6.38. The molecule has 2 aromatic rings. The van der Waals surface area contributed by atoms with Crippen LogP contribution in [0.15, 0.2) is 18.3 Å². The van der Waals surface area contributed by atoms with Gasteiger partial charge in [-0.3, -0.25) is 4.79 Å². The summed E-state index contributed by atoms with van der Waals surface area (Å²) >= 11 is 12.2. The lowest BCUT2D eigenvalue weighted by Gasteiger charge is -2.10. The van der Waals surface area contributed by atoms with Crippen molar-refractivity contribution in [3.8, 4) is 5.88 Å². The zero-order chi connectivity index (χ0) is 14.9. The minimum absolute atomic E-state index is 0.0834. The van der Waals surface area contributed by atoms with Gasteiger partial charge in [-0.05, 0) is 12.1 Å². The molecule has 0 atom stereocenters. The average molecular weight is 315 g/mol. The maximum atomic E-state index is 12.4. The smallest absolute Gasteiger partial charge is 0.220 e. The van der Waals surface area contributed by atoms with E-state index in [2.05, 4.69) is 5.10 Å². The van der Waals surface area contributed by atoms with Gasteiger partial charge >= 0.3 is 0 Å². The second-order valence-corrected chi connectivity index (χ2v) is 4.94. The number of ketones is 1. The number of nitrogens with zero attached hydrogens (tertiary/aromatic N) is 2. The highest BCUT2D eigenvalue weighted by atomic mass is 35.5. The van der Waals surface area contributed by atoms with E-state index in [0.717, 1.165) is 0 Å². The largest absolute Gasteiger partial charge is 0.493 e. The zero-order valence-corrected chi connectivity index (χ0v) is 12.4. The molecule has 1 aromatic heterocycles. The first-order valence-electron chi connectivity index (χ1n) is 5.68. The minimum Gasteiger partial charge on any atom is -0.493 e. The molecule has 0 aliphatic heterocycles. The number of aryl methyl sites for hydroxylation is 1. The van der Waals surface area contributed by atoms with E-state index in [0.29, 0.717) is 10.6 Å². The number of carbonyl (C=O) groups is 1. The van der Waals surface area contributed by atoms with Crippen LogP contribution in [0, 0.1) is 0 Å². The summed E-state index contributed by atoms with van der Waals surface area (Å²) in [5, 5.41) is 14.2. The Hall–Kier alpha value is -1.56. The summed E-state index contributed by atoms with van der Waals surface area (Å²) in [4.78, 5) is 12.4. The summed E-state index contributed by atoms with van der Waals surface area (Å²) in [5.41, 5.74) is 0.858. The van der Waals surface area contributed by atoms with Crippen LogP contribution < -0.4 is 0 Å². The fraction of sp³-hybridized carbons (Fsp3) is 0.231. The topological polar surface area (TPSA) is 64.3 Å². The molecule has 106 valence electrons. The van der Waals surface area contributed by atoms with E-state index >= 15 is 0 Å². The molecular formula is C13H12Cl2N2O3. The van der Waals surface area contributed by atoms with Gasteiger partial charge in [0.05, 0.1) is 17.8 Å². The Kier molecular flexibility index (Phi) is 4.32. The molecule has 0 saturated heterocycles. The lowest BCUT2D eigenvalue weighted by molar-refractivity contribution is 0.103. The molecular weight excluding hydrogens is 303 g/mol. The SMILES string of the molecule is COCc1c(Cl)ccc(C(=O)c2cnn(C)c2O)c1Cl. The van der Waals surface area contributed by atoms with Crippen LogP contribution in [0.2, 0.25) is 10.0 Å². The van der Waals surface area contributed by atoms with Crippen molar-refractivity contribution in [3.05, 3.63) is 45.1 Å². The van der Waals surface area contributed by atoms with Gasteiger partial charge in [0, 0.05) is 30.3 Å².